The van der Waals surface area contributed by atoms with Crippen LogP contribution in [0.3, 0.4) is 0 Å². The first kappa shape index (κ1) is 21.0. The molecule has 0 aliphatic rings. The molecule has 0 saturated heterocycles. The number of rotatable bonds is 6. The number of aromatic nitrogens is 3. The second-order valence-electron chi connectivity index (χ2n) is 7.45. The molecule has 8 nitrogen and oxygen atoms in total. The van der Waals surface area contributed by atoms with Gasteiger partial charge in [-0.25, -0.2) is 9.55 Å². The molecular weight excluding hydrogens is 408 g/mol. The summed E-state index contributed by atoms with van der Waals surface area (Å²) < 4.78 is 9.00. The molecule has 0 aliphatic carbocycles. The van der Waals surface area contributed by atoms with E-state index < -0.39 is 5.97 Å². The average Bonchev–Trinajstić information content (AvgIpc) is 3.20. The lowest BCUT2D eigenvalue weighted by molar-refractivity contribution is -0.679. The van der Waals surface area contributed by atoms with Gasteiger partial charge in [-0.3, -0.25) is 9.20 Å². The smallest absolute Gasteiger partial charge is 0.251 e. The molecule has 0 aliphatic heterocycles. The molecule has 1 aromatic carbocycles. The summed E-state index contributed by atoms with van der Waals surface area (Å²) in [5.74, 6) is -0.888. The Kier molecular flexibility index (Phi) is 5.59. The summed E-state index contributed by atoms with van der Waals surface area (Å²) in [4.78, 5) is 28.7. The molecule has 0 saturated carbocycles. The number of hydrogen-bond acceptors (Lipinski definition) is 5. The number of fused-ring (bicyclic) bond motifs is 1. The molecule has 8 heteroatoms. The number of nitrogens with zero attached hydrogens (tertiary/aromatic N) is 3. The summed E-state index contributed by atoms with van der Waals surface area (Å²) in [6.07, 6.45) is 5.30. The molecule has 0 bridgehead atoms. The van der Waals surface area contributed by atoms with Crippen LogP contribution in [-0.2, 0) is 13.6 Å². The number of aryl methyl sites for hydroxylation is 2. The van der Waals surface area contributed by atoms with Gasteiger partial charge >= 0.3 is 0 Å². The van der Waals surface area contributed by atoms with Crippen molar-refractivity contribution >= 4 is 17.5 Å². The second kappa shape index (κ2) is 8.50. The summed E-state index contributed by atoms with van der Waals surface area (Å²) in [6, 6.07) is 12.5. The molecular formula is C24H22N4O4. The zero-order valence-corrected chi connectivity index (χ0v) is 18.0. The van der Waals surface area contributed by atoms with Gasteiger partial charge < -0.3 is 20.0 Å². The van der Waals surface area contributed by atoms with Crippen LogP contribution in [0.25, 0.3) is 16.9 Å². The molecule has 0 spiro atoms. The monoisotopic (exact) mass is 430 g/mol. The van der Waals surface area contributed by atoms with E-state index in [1.807, 2.05) is 28.7 Å². The van der Waals surface area contributed by atoms with Crippen molar-refractivity contribution in [3.05, 3.63) is 83.4 Å². The molecule has 1 amide bonds. The number of carboxylic acid groups (broad SMARTS) is 1. The zero-order valence-electron chi connectivity index (χ0n) is 18.0. The first-order valence-corrected chi connectivity index (χ1v) is 9.98. The van der Waals surface area contributed by atoms with Crippen LogP contribution in [0.1, 0.15) is 32.0 Å². The highest BCUT2D eigenvalue weighted by Crippen LogP contribution is 2.30. The Labute approximate surface area is 184 Å². The van der Waals surface area contributed by atoms with Crippen molar-refractivity contribution in [1.29, 1.82) is 0 Å². The van der Waals surface area contributed by atoms with Crippen LogP contribution in [0, 0.1) is 6.92 Å². The highest BCUT2D eigenvalue weighted by atomic mass is 16.5. The van der Waals surface area contributed by atoms with E-state index in [1.165, 1.54) is 6.07 Å². The number of amides is 1. The SMILES string of the molecule is COc1ccccc1-c1cnc2cc(C(=O)NCc3c(C(=O)[O-])cc(C)c[n+]3C)ccn12. The Balaban J connectivity index is 1.59. The first-order chi connectivity index (χ1) is 15.4. The highest BCUT2D eigenvalue weighted by molar-refractivity contribution is 5.95. The van der Waals surface area contributed by atoms with E-state index in [-0.39, 0.29) is 18.0 Å². The van der Waals surface area contributed by atoms with Gasteiger partial charge in [0, 0.05) is 22.9 Å². The number of para-hydroxylation sites is 1. The highest BCUT2D eigenvalue weighted by Gasteiger charge is 2.18. The number of benzene rings is 1. The zero-order chi connectivity index (χ0) is 22.8. The number of carboxylic acids is 1. The summed E-state index contributed by atoms with van der Waals surface area (Å²) in [5, 5.41) is 14.3. The largest absolute Gasteiger partial charge is 0.545 e. The maximum atomic E-state index is 12.8. The first-order valence-electron chi connectivity index (χ1n) is 9.98. The van der Waals surface area contributed by atoms with Crippen molar-refractivity contribution in [2.45, 2.75) is 13.5 Å². The van der Waals surface area contributed by atoms with Gasteiger partial charge in [0.15, 0.2) is 6.20 Å². The van der Waals surface area contributed by atoms with Crippen LogP contribution in [-0.4, -0.2) is 28.4 Å². The number of carbonyl (C=O) groups excluding carboxylic acids is 2. The number of aromatic carboxylic acids is 1. The third-order valence-corrected chi connectivity index (χ3v) is 5.30. The fourth-order valence-corrected chi connectivity index (χ4v) is 3.76. The van der Waals surface area contributed by atoms with Crippen LogP contribution >= 0.6 is 0 Å². The molecule has 162 valence electrons. The van der Waals surface area contributed by atoms with Gasteiger partial charge in [0.05, 0.1) is 30.5 Å². The van der Waals surface area contributed by atoms with Gasteiger partial charge in [-0.2, -0.15) is 0 Å². The number of imidazole rings is 1. The number of hydrogen-bond donors (Lipinski definition) is 1. The van der Waals surface area contributed by atoms with Crippen molar-refractivity contribution in [3.63, 3.8) is 0 Å². The van der Waals surface area contributed by atoms with Crippen LogP contribution in [0.15, 0.2) is 61.1 Å². The Morgan fingerprint density at radius 3 is 2.75 bits per heavy atom. The molecule has 1 N–H and O–H groups in total. The molecule has 3 heterocycles. The van der Waals surface area contributed by atoms with E-state index in [1.54, 1.807) is 56.4 Å². The molecule has 0 fully saturated rings. The summed E-state index contributed by atoms with van der Waals surface area (Å²) >= 11 is 0. The Morgan fingerprint density at radius 2 is 2.00 bits per heavy atom. The van der Waals surface area contributed by atoms with Gasteiger partial charge in [0.1, 0.15) is 25.0 Å². The number of methoxy groups -OCH3 is 1. The third kappa shape index (κ3) is 3.90. The lowest BCUT2D eigenvalue weighted by Crippen LogP contribution is -2.41. The number of carbonyl (C=O) groups is 2. The van der Waals surface area contributed by atoms with Gasteiger partial charge in [-0.15, -0.1) is 0 Å². The van der Waals surface area contributed by atoms with E-state index in [0.29, 0.717) is 16.9 Å². The molecule has 3 aromatic heterocycles. The molecule has 4 rings (SSSR count). The van der Waals surface area contributed by atoms with Crippen molar-refractivity contribution < 1.29 is 24.0 Å². The maximum Gasteiger partial charge on any atom is 0.251 e. The number of pyridine rings is 2. The molecule has 32 heavy (non-hydrogen) atoms. The van der Waals surface area contributed by atoms with Crippen LogP contribution in [0.2, 0.25) is 0 Å². The van der Waals surface area contributed by atoms with E-state index in [4.69, 9.17) is 4.74 Å². The minimum atomic E-state index is -1.28. The maximum absolute atomic E-state index is 12.8. The Morgan fingerprint density at radius 1 is 1.22 bits per heavy atom. The van der Waals surface area contributed by atoms with Crippen molar-refractivity contribution in [2.75, 3.05) is 7.11 Å². The van der Waals surface area contributed by atoms with E-state index >= 15 is 0 Å². The van der Waals surface area contributed by atoms with Crippen LogP contribution in [0.5, 0.6) is 5.75 Å². The fourth-order valence-electron chi connectivity index (χ4n) is 3.76. The van der Waals surface area contributed by atoms with Crippen molar-refractivity contribution in [3.8, 4) is 17.0 Å². The average molecular weight is 430 g/mol. The predicted octanol–water partition coefficient (Wildman–Crippen LogP) is 1.44. The minimum absolute atomic E-state index is 0.0466. The third-order valence-electron chi connectivity index (χ3n) is 5.30. The normalized spacial score (nSPS) is 10.8. The molecule has 0 atom stereocenters. The lowest BCUT2D eigenvalue weighted by atomic mass is 10.1. The van der Waals surface area contributed by atoms with E-state index in [2.05, 4.69) is 10.3 Å². The van der Waals surface area contributed by atoms with Crippen molar-refractivity contribution in [2.24, 2.45) is 7.05 Å². The minimum Gasteiger partial charge on any atom is -0.545 e. The van der Waals surface area contributed by atoms with E-state index in [9.17, 15) is 14.7 Å². The topological polar surface area (TPSA) is 99.6 Å². The summed E-state index contributed by atoms with van der Waals surface area (Å²) in [7, 11) is 3.35. The van der Waals surface area contributed by atoms with Crippen LogP contribution in [0.4, 0.5) is 0 Å². The molecule has 4 aromatic rings. The second-order valence-corrected chi connectivity index (χ2v) is 7.45. The van der Waals surface area contributed by atoms with E-state index in [0.717, 1.165) is 22.6 Å². The quantitative estimate of drug-likeness (QED) is 0.467. The van der Waals surface area contributed by atoms with Gasteiger partial charge in [0.25, 0.3) is 5.91 Å². The summed E-state index contributed by atoms with van der Waals surface area (Å²) in [5.41, 5.74) is 4.05. The van der Waals surface area contributed by atoms with Gasteiger partial charge in [-0.1, -0.05) is 12.1 Å². The van der Waals surface area contributed by atoms with Gasteiger partial charge in [-0.05, 0) is 37.3 Å². The summed E-state index contributed by atoms with van der Waals surface area (Å²) in [6.45, 7) is 1.85. The molecule has 0 radical (unpaired) electrons. The standard InChI is InChI=1S/C24H22N4O4/c1-15-10-18(24(30)31)19(27(2)14-15)12-26-23(29)16-8-9-28-20(13-25-22(28)11-16)17-6-4-5-7-21(17)32-3/h4-11,13-14H,12H2,1-3H3,(H-,26,29,30,31). The molecule has 0 unspecified atom stereocenters. The Hall–Kier alpha value is -4.20. The fraction of sp³-hybridized carbons (Fsp3) is 0.167. The van der Waals surface area contributed by atoms with Crippen LogP contribution < -0.4 is 19.7 Å². The van der Waals surface area contributed by atoms with Gasteiger partial charge in [0.2, 0.25) is 5.69 Å². The number of nitrogens with one attached hydrogen (secondary N) is 1. The number of ether oxygens (including phenoxy) is 1. The van der Waals surface area contributed by atoms with Crippen molar-refractivity contribution in [1.82, 2.24) is 14.7 Å². The Bertz CT molecular complexity index is 1340. The predicted molar refractivity (Wildman–Crippen MR) is 115 cm³/mol. The lowest BCUT2D eigenvalue weighted by Gasteiger charge is -2.11.